The van der Waals surface area contributed by atoms with E-state index in [4.69, 9.17) is 17.0 Å². The van der Waals surface area contributed by atoms with Crippen LogP contribution in [0.5, 0.6) is 11.5 Å². The first-order valence-electron chi connectivity index (χ1n) is 6.78. The predicted molar refractivity (Wildman–Crippen MR) is 102 cm³/mol. The zero-order chi connectivity index (χ0) is 17.1. The number of thioether (sulfide) groups is 1. The first-order valence-corrected chi connectivity index (χ1v) is 8.80. The minimum absolute atomic E-state index is 0.228. The van der Waals surface area contributed by atoms with Gasteiger partial charge in [-0.15, -0.1) is 0 Å². The molecular weight excluding hydrogens is 408 g/mol. The summed E-state index contributed by atoms with van der Waals surface area (Å²) in [6.07, 6.45) is 1.72. The number of para-hydroxylation sites is 1. The summed E-state index contributed by atoms with van der Waals surface area (Å²) in [7, 11) is 0. The second-order valence-electron chi connectivity index (χ2n) is 4.74. The molecule has 1 fully saturated rings. The molecule has 2 aromatic rings. The Morgan fingerprint density at radius 3 is 2.75 bits per heavy atom. The summed E-state index contributed by atoms with van der Waals surface area (Å²) in [6, 6.07) is 14.5. The third kappa shape index (κ3) is 3.67. The molecule has 1 aliphatic rings. The van der Waals surface area contributed by atoms with Crippen LogP contribution in [0.25, 0.3) is 6.08 Å². The number of carbonyl (C=O) groups excluding carboxylic acids is 1. The molecular formula is C17H9BrN2O2S2. The Bertz CT molecular complexity index is 919. The number of benzene rings is 2. The minimum Gasteiger partial charge on any atom is -0.455 e. The van der Waals surface area contributed by atoms with Crippen molar-refractivity contribution >= 4 is 56.2 Å². The van der Waals surface area contributed by atoms with Gasteiger partial charge in [0.2, 0.25) is 0 Å². The number of amides is 1. The predicted octanol–water partition coefficient (Wildman–Crippen LogP) is 4.60. The van der Waals surface area contributed by atoms with Crippen molar-refractivity contribution in [2.75, 3.05) is 0 Å². The van der Waals surface area contributed by atoms with E-state index in [1.54, 1.807) is 36.4 Å². The van der Waals surface area contributed by atoms with Crippen LogP contribution >= 0.6 is 39.9 Å². The van der Waals surface area contributed by atoms with Gasteiger partial charge in [-0.3, -0.25) is 4.79 Å². The largest absolute Gasteiger partial charge is 0.455 e. The van der Waals surface area contributed by atoms with Gasteiger partial charge < -0.3 is 10.1 Å². The third-order valence-electron chi connectivity index (χ3n) is 3.13. The van der Waals surface area contributed by atoms with E-state index in [1.807, 2.05) is 12.1 Å². The second-order valence-corrected chi connectivity index (χ2v) is 7.38. The van der Waals surface area contributed by atoms with E-state index in [-0.39, 0.29) is 5.91 Å². The average molecular weight is 417 g/mol. The van der Waals surface area contributed by atoms with E-state index in [0.29, 0.717) is 31.9 Å². The summed E-state index contributed by atoms with van der Waals surface area (Å²) in [4.78, 5) is 12.4. The highest BCUT2D eigenvalue weighted by molar-refractivity contribution is 9.10. The first-order chi connectivity index (χ1) is 11.6. The Kier molecular flexibility index (Phi) is 5.00. The number of nitrogens with one attached hydrogen (secondary N) is 1. The van der Waals surface area contributed by atoms with Crippen LogP contribution in [0, 0.1) is 11.3 Å². The maximum absolute atomic E-state index is 11.9. The fourth-order valence-corrected chi connectivity index (χ4v) is 3.47. The number of rotatable bonds is 3. The molecule has 1 aliphatic heterocycles. The van der Waals surface area contributed by atoms with Crippen LogP contribution < -0.4 is 10.1 Å². The maximum Gasteiger partial charge on any atom is 0.263 e. The van der Waals surface area contributed by atoms with Crippen molar-refractivity contribution in [2.24, 2.45) is 0 Å². The number of ether oxygens (including phenoxy) is 1. The maximum atomic E-state index is 11.9. The van der Waals surface area contributed by atoms with Gasteiger partial charge >= 0.3 is 0 Å². The van der Waals surface area contributed by atoms with Gasteiger partial charge in [0.15, 0.2) is 0 Å². The standard InChI is InChI=1S/C17H9BrN2O2S2/c18-12-5-6-14(22-13-4-2-1-3-10(13)9-19)11(7-12)8-15-16(21)20-17(23)24-15/h1-8H,(H,20,21,23). The smallest absolute Gasteiger partial charge is 0.263 e. The lowest BCUT2D eigenvalue weighted by Gasteiger charge is -2.11. The van der Waals surface area contributed by atoms with E-state index >= 15 is 0 Å². The summed E-state index contributed by atoms with van der Waals surface area (Å²) in [5.41, 5.74) is 1.15. The van der Waals surface area contributed by atoms with Crippen LogP contribution in [0.15, 0.2) is 51.8 Å². The molecule has 3 rings (SSSR count). The van der Waals surface area contributed by atoms with Gasteiger partial charge in [0.05, 0.1) is 10.5 Å². The molecule has 24 heavy (non-hydrogen) atoms. The van der Waals surface area contributed by atoms with Crippen LogP contribution in [-0.4, -0.2) is 10.2 Å². The van der Waals surface area contributed by atoms with Crippen molar-refractivity contribution in [2.45, 2.75) is 0 Å². The van der Waals surface area contributed by atoms with Crippen molar-refractivity contribution in [1.82, 2.24) is 5.32 Å². The van der Waals surface area contributed by atoms with Gasteiger partial charge in [0.1, 0.15) is 21.9 Å². The van der Waals surface area contributed by atoms with Gasteiger partial charge in [-0.1, -0.05) is 52.0 Å². The lowest BCUT2D eigenvalue weighted by atomic mass is 10.1. The van der Waals surface area contributed by atoms with E-state index in [1.165, 1.54) is 11.8 Å². The number of hydrogen-bond donors (Lipinski definition) is 1. The molecule has 1 saturated heterocycles. The fraction of sp³-hybridized carbons (Fsp3) is 0. The summed E-state index contributed by atoms with van der Waals surface area (Å²) < 4.78 is 7.17. The quantitative estimate of drug-likeness (QED) is 0.584. The molecule has 2 aromatic carbocycles. The van der Waals surface area contributed by atoms with Crippen LogP contribution in [-0.2, 0) is 4.79 Å². The molecule has 7 heteroatoms. The van der Waals surface area contributed by atoms with Crippen molar-refractivity contribution < 1.29 is 9.53 Å². The van der Waals surface area contributed by atoms with Crippen molar-refractivity contribution in [3.63, 3.8) is 0 Å². The van der Waals surface area contributed by atoms with Crippen molar-refractivity contribution in [1.29, 1.82) is 5.26 Å². The van der Waals surface area contributed by atoms with Crippen LogP contribution in [0.2, 0.25) is 0 Å². The molecule has 0 bridgehead atoms. The van der Waals surface area contributed by atoms with Crippen molar-refractivity contribution in [3.8, 4) is 17.6 Å². The second kappa shape index (κ2) is 7.18. The summed E-state index contributed by atoms with van der Waals surface area (Å²) >= 11 is 9.62. The molecule has 0 saturated carbocycles. The summed E-state index contributed by atoms with van der Waals surface area (Å²) in [5.74, 6) is 0.772. The summed E-state index contributed by atoms with van der Waals surface area (Å²) in [6.45, 7) is 0. The average Bonchev–Trinajstić information content (AvgIpc) is 2.88. The van der Waals surface area contributed by atoms with E-state index in [0.717, 1.165) is 4.47 Å². The van der Waals surface area contributed by atoms with Crippen molar-refractivity contribution in [3.05, 3.63) is 63.0 Å². The SMILES string of the molecule is N#Cc1ccccc1Oc1ccc(Br)cc1C=C1SC(=S)NC1=O. The molecule has 0 aliphatic carbocycles. The first kappa shape index (κ1) is 16.7. The normalized spacial score (nSPS) is 15.2. The molecule has 0 atom stereocenters. The highest BCUT2D eigenvalue weighted by Gasteiger charge is 2.22. The van der Waals surface area contributed by atoms with Crippen LogP contribution in [0.3, 0.4) is 0 Å². The van der Waals surface area contributed by atoms with Gasteiger partial charge in [0, 0.05) is 10.0 Å². The number of nitriles is 1. The number of nitrogens with zero attached hydrogens (tertiary/aromatic N) is 1. The molecule has 1 N–H and O–H groups in total. The molecule has 0 unspecified atom stereocenters. The minimum atomic E-state index is -0.228. The molecule has 0 spiro atoms. The van der Waals surface area contributed by atoms with Crippen LogP contribution in [0.4, 0.5) is 0 Å². The number of hydrogen-bond acceptors (Lipinski definition) is 5. The number of carbonyl (C=O) groups is 1. The molecule has 1 heterocycles. The van der Waals surface area contributed by atoms with E-state index in [9.17, 15) is 10.1 Å². The lowest BCUT2D eigenvalue weighted by molar-refractivity contribution is -0.115. The highest BCUT2D eigenvalue weighted by Crippen LogP contribution is 2.34. The molecule has 0 aromatic heterocycles. The Morgan fingerprint density at radius 1 is 1.25 bits per heavy atom. The molecule has 1 amide bonds. The Morgan fingerprint density at radius 2 is 2.04 bits per heavy atom. The number of thiocarbonyl (C=S) groups is 1. The third-order valence-corrected chi connectivity index (χ3v) is 4.78. The topological polar surface area (TPSA) is 62.1 Å². The lowest BCUT2D eigenvalue weighted by Crippen LogP contribution is -2.17. The molecule has 0 radical (unpaired) electrons. The monoisotopic (exact) mass is 416 g/mol. The van der Waals surface area contributed by atoms with Crippen LogP contribution in [0.1, 0.15) is 11.1 Å². The zero-order valence-electron chi connectivity index (χ0n) is 12.1. The Labute approximate surface area is 156 Å². The number of halogens is 1. The molecule has 118 valence electrons. The fourth-order valence-electron chi connectivity index (χ4n) is 2.05. The summed E-state index contributed by atoms with van der Waals surface area (Å²) in [5, 5.41) is 11.8. The Balaban J connectivity index is 2.01. The van der Waals surface area contributed by atoms with Gasteiger partial charge in [-0.2, -0.15) is 5.26 Å². The van der Waals surface area contributed by atoms with Gasteiger partial charge in [0.25, 0.3) is 5.91 Å². The highest BCUT2D eigenvalue weighted by atomic mass is 79.9. The van der Waals surface area contributed by atoms with Gasteiger partial charge in [-0.25, -0.2) is 0 Å². The van der Waals surface area contributed by atoms with E-state index in [2.05, 4.69) is 27.3 Å². The molecule has 4 nitrogen and oxygen atoms in total. The Hall–Kier alpha value is -2.14. The zero-order valence-corrected chi connectivity index (χ0v) is 15.3. The van der Waals surface area contributed by atoms with Gasteiger partial charge in [-0.05, 0) is 36.4 Å². The van der Waals surface area contributed by atoms with E-state index < -0.39 is 0 Å².